The molecule has 1 unspecified atom stereocenters. The maximum Gasteiger partial charge on any atom is 0.169 e. The van der Waals surface area contributed by atoms with Gasteiger partial charge in [0.05, 0.1) is 12.6 Å². The molecule has 6 nitrogen and oxygen atoms in total. The van der Waals surface area contributed by atoms with Gasteiger partial charge in [-0.15, -0.1) is 0 Å². The zero-order chi connectivity index (χ0) is 9.84. The molecule has 1 N–H and O–H groups in total. The normalized spacial score (nSPS) is 38.3. The minimum atomic E-state index is -1.61. The van der Waals surface area contributed by atoms with Crippen molar-refractivity contribution in [1.82, 2.24) is 0 Å². The van der Waals surface area contributed by atoms with Gasteiger partial charge in [-0.25, -0.2) is 4.39 Å². The molecule has 0 aromatic heterocycles. The quantitative estimate of drug-likeness (QED) is 0.218. The minimum Gasteiger partial charge on any atom is -0.424 e. The summed E-state index contributed by atoms with van der Waals surface area (Å²) in [5, 5.41) is 11.4. The fraction of sp³-hybridized carbons (Fsp3) is 1.00. The van der Waals surface area contributed by atoms with Crippen molar-refractivity contribution in [3.05, 3.63) is 10.4 Å². The molecule has 1 heterocycles. The fourth-order valence-electron chi connectivity index (χ4n) is 1.09. The average Bonchev–Trinajstić information content (AvgIpc) is 2.40. The first-order chi connectivity index (χ1) is 6.20. The van der Waals surface area contributed by atoms with Gasteiger partial charge in [0.15, 0.2) is 12.3 Å². The Morgan fingerprint density at radius 3 is 3.00 bits per heavy atom. The molecule has 4 atom stereocenters. The molecule has 70 valence electrons. The Bertz CT molecular complexity index is 225. The summed E-state index contributed by atoms with van der Waals surface area (Å²) in [5.74, 6) is 0. The highest BCUT2D eigenvalue weighted by Crippen LogP contribution is 2.24. The first-order valence-corrected chi connectivity index (χ1v) is 3.57. The Hall–Kier alpha value is -0.975. The van der Waals surface area contributed by atoms with Crippen LogP contribution in [0.5, 0.6) is 0 Å². The fourth-order valence-corrected chi connectivity index (χ4v) is 1.09. The van der Waals surface area contributed by atoms with Crippen LogP contribution in [0.4, 0.5) is 4.39 Å². The van der Waals surface area contributed by atoms with Crippen LogP contribution in [-0.4, -0.2) is 43.9 Å². The number of nitrogens with zero attached hydrogens (tertiary/aromatic N) is 3. The maximum absolute atomic E-state index is 13.1. The van der Waals surface area contributed by atoms with Gasteiger partial charge in [0, 0.05) is 4.91 Å². The molecule has 1 rings (SSSR count). The summed E-state index contributed by atoms with van der Waals surface area (Å²) in [6.45, 7) is -0.445. The van der Waals surface area contributed by atoms with Gasteiger partial charge in [-0.2, -0.15) is 0 Å². The zero-order valence-corrected chi connectivity index (χ0v) is 6.58. The van der Waals surface area contributed by atoms with Gasteiger partial charge in [-0.3, -0.25) is 0 Å². The lowest BCUT2D eigenvalue weighted by Crippen LogP contribution is -2.32. The van der Waals surface area contributed by atoms with Crippen molar-refractivity contribution in [3.8, 4) is 0 Å². The number of azide groups is 1. The van der Waals surface area contributed by atoms with Crippen LogP contribution in [0.25, 0.3) is 10.4 Å². The number of halogens is 1. The van der Waals surface area contributed by atoms with Gasteiger partial charge >= 0.3 is 0 Å². The van der Waals surface area contributed by atoms with E-state index in [1.54, 1.807) is 0 Å². The number of hydrogen-bond donors (Lipinski definition) is 1. The maximum atomic E-state index is 13.1. The number of rotatable bonds is 3. The summed E-state index contributed by atoms with van der Waals surface area (Å²) >= 11 is 0. The molecule has 1 aliphatic rings. The first-order valence-electron chi connectivity index (χ1n) is 3.57. The van der Waals surface area contributed by atoms with Crippen molar-refractivity contribution in [2.75, 3.05) is 6.61 Å². The smallest absolute Gasteiger partial charge is 0.169 e. The van der Waals surface area contributed by atoms with Gasteiger partial charge in [0.2, 0.25) is 0 Å². The lowest BCUT2D eigenvalue weighted by molar-refractivity contribution is -0.0448. The molecule has 0 aromatic rings. The summed E-state index contributed by atoms with van der Waals surface area (Å²) in [4.78, 5) is 6.69. The van der Waals surface area contributed by atoms with Gasteiger partial charge in [0.1, 0.15) is 19.2 Å². The van der Waals surface area contributed by atoms with E-state index in [0.717, 1.165) is 0 Å². The van der Waals surface area contributed by atoms with Crippen molar-refractivity contribution in [2.24, 2.45) is 5.28 Å². The monoisotopic (exact) mass is 187 g/mol. The average molecular weight is 187 g/mol. The third-order valence-corrected chi connectivity index (χ3v) is 1.71. The van der Waals surface area contributed by atoms with Crippen molar-refractivity contribution in [1.29, 1.82) is 0 Å². The molecule has 0 amide bonds. The highest BCUT2D eigenvalue weighted by atomic mass is 19.1. The van der Waals surface area contributed by atoms with Crippen LogP contribution in [0.1, 0.15) is 0 Å². The van der Waals surface area contributed by atoms with E-state index < -0.39 is 31.0 Å². The lowest BCUT2D eigenvalue weighted by atomic mass is 9.94. The predicted molar refractivity (Wildman–Crippen MR) is 40.4 cm³/mol. The second-order valence-corrected chi connectivity index (χ2v) is 2.51. The van der Waals surface area contributed by atoms with E-state index in [1.165, 1.54) is 0 Å². The van der Waals surface area contributed by atoms with E-state index in [9.17, 15) is 4.39 Å². The number of aliphatic hydroxyl groups excluding tert-OH is 1. The summed E-state index contributed by atoms with van der Waals surface area (Å²) in [7, 11) is 5.18. The SMILES string of the molecule is [B][C@@H]1O[C@H](CO)C(ON=[N+]=[N-])[C@@H]1F. The molecular weight excluding hydrogens is 180 g/mol. The van der Waals surface area contributed by atoms with Crippen molar-refractivity contribution < 1.29 is 19.1 Å². The van der Waals surface area contributed by atoms with E-state index in [-0.39, 0.29) is 0 Å². The third kappa shape index (κ3) is 2.03. The molecular formula is C5H7BFN3O3. The van der Waals surface area contributed by atoms with Crippen LogP contribution in [0.15, 0.2) is 5.28 Å². The number of hydrogen-bond acceptors (Lipinski definition) is 4. The molecule has 0 aliphatic carbocycles. The number of aliphatic hydroxyl groups is 1. The molecule has 0 spiro atoms. The van der Waals surface area contributed by atoms with Gasteiger partial charge < -0.3 is 14.7 Å². The first kappa shape index (κ1) is 10.1. The number of ether oxygens (including phenoxy) is 1. The molecule has 0 bridgehead atoms. The Morgan fingerprint density at radius 1 is 1.77 bits per heavy atom. The van der Waals surface area contributed by atoms with E-state index in [4.69, 9.17) is 23.2 Å². The van der Waals surface area contributed by atoms with E-state index in [0.29, 0.717) is 0 Å². The Kier molecular flexibility index (Phi) is 3.35. The van der Waals surface area contributed by atoms with Crippen LogP contribution in [0, 0.1) is 0 Å². The Balaban J connectivity index is 2.61. The van der Waals surface area contributed by atoms with Crippen LogP contribution in [-0.2, 0) is 9.57 Å². The summed E-state index contributed by atoms with van der Waals surface area (Å²) in [5.41, 5.74) is 7.91. The van der Waals surface area contributed by atoms with Crippen molar-refractivity contribution in [3.63, 3.8) is 0 Å². The summed E-state index contributed by atoms with van der Waals surface area (Å²) in [6, 6.07) is -1.16. The third-order valence-electron chi connectivity index (χ3n) is 1.71. The van der Waals surface area contributed by atoms with Gasteiger partial charge in [-0.05, 0) is 5.53 Å². The highest BCUT2D eigenvalue weighted by molar-refractivity contribution is 6.11. The topological polar surface area (TPSA) is 87.5 Å². The minimum absolute atomic E-state index is 0.445. The van der Waals surface area contributed by atoms with E-state index >= 15 is 0 Å². The summed E-state index contributed by atoms with van der Waals surface area (Å²) < 4.78 is 17.8. The standard InChI is InChI=1S/C5H7BFN3O3/c6-5-3(7)4(13-10-9-8)2(1-11)12-5/h2-5,11H,1H2/t2-,3+,4?,5-/m1/s1. The zero-order valence-electron chi connectivity index (χ0n) is 6.58. The van der Waals surface area contributed by atoms with Crippen molar-refractivity contribution in [2.45, 2.75) is 24.4 Å². The van der Waals surface area contributed by atoms with Crippen LogP contribution in [0.3, 0.4) is 0 Å². The largest absolute Gasteiger partial charge is 0.424 e. The molecule has 8 heteroatoms. The predicted octanol–water partition coefficient (Wildman–Crippen LogP) is -0.179. The lowest BCUT2D eigenvalue weighted by Gasteiger charge is -2.14. The van der Waals surface area contributed by atoms with Crippen LogP contribution < -0.4 is 0 Å². The van der Waals surface area contributed by atoms with E-state index in [1.807, 2.05) is 0 Å². The van der Waals surface area contributed by atoms with Gasteiger partial charge in [0.25, 0.3) is 0 Å². The highest BCUT2D eigenvalue weighted by Gasteiger charge is 2.43. The Labute approximate surface area is 74.6 Å². The molecule has 0 aromatic carbocycles. The molecule has 13 heavy (non-hydrogen) atoms. The van der Waals surface area contributed by atoms with Crippen LogP contribution in [0.2, 0.25) is 0 Å². The van der Waals surface area contributed by atoms with Crippen LogP contribution >= 0.6 is 0 Å². The molecule has 2 radical (unpaired) electrons. The molecule has 1 saturated heterocycles. The van der Waals surface area contributed by atoms with Gasteiger partial charge in [-0.1, -0.05) is 0 Å². The van der Waals surface area contributed by atoms with E-state index in [2.05, 4.69) is 15.0 Å². The molecule has 1 fully saturated rings. The Morgan fingerprint density at radius 2 is 2.46 bits per heavy atom. The molecule has 1 aliphatic heterocycles. The van der Waals surface area contributed by atoms with Crippen molar-refractivity contribution >= 4 is 7.85 Å². The molecule has 0 saturated carbocycles. The second kappa shape index (κ2) is 4.31. The summed E-state index contributed by atoms with van der Waals surface area (Å²) in [6.07, 6.45) is -3.64. The second-order valence-electron chi connectivity index (χ2n) is 2.51. The number of alkyl halides is 1.